The summed E-state index contributed by atoms with van der Waals surface area (Å²) in [5.74, 6) is 1.28. The molecule has 0 bridgehead atoms. The van der Waals surface area contributed by atoms with Crippen LogP contribution in [0.25, 0.3) is 0 Å². The number of aromatic amines is 1. The second-order valence-electron chi connectivity index (χ2n) is 6.33. The minimum absolute atomic E-state index is 0.0269. The molecule has 9 heteroatoms. The van der Waals surface area contributed by atoms with E-state index in [2.05, 4.69) is 17.1 Å². The van der Waals surface area contributed by atoms with E-state index >= 15 is 0 Å². The molecule has 0 atom stereocenters. The van der Waals surface area contributed by atoms with Gasteiger partial charge in [-0.3, -0.25) is 14.5 Å². The quantitative estimate of drug-likeness (QED) is 0.793. The van der Waals surface area contributed by atoms with Gasteiger partial charge in [0.2, 0.25) is 5.91 Å². The third-order valence-electron chi connectivity index (χ3n) is 4.44. The van der Waals surface area contributed by atoms with E-state index in [0.717, 1.165) is 18.7 Å². The van der Waals surface area contributed by atoms with Crippen molar-refractivity contribution < 1.29 is 14.3 Å². The summed E-state index contributed by atoms with van der Waals surface area (Å²) in [5, 5.41) is 6.94. The van der Waals surface area contributed by atoms with Gasteiger partial charge in [0.1, 0.15) is 18.1 Å². The van der Waals surface area contributed by atoms with Crippen LogP contribution < -0.4 is 4.74 Å². The highest BCUT2D eigenvalue weighted by Crippen LogP contribution is 2.12. The first-order chi connectivity index (χ1) is 13.1. The van der Waals surface area contributed by atoms with E-state index in [4.69, 9.17) is 17.0 Å². The predicted molar refractivity (Wildman–Crippen MR) is 102 cm³/mol. The summed E-state index contributed by atoms with van der Waals surface area (Å²) >= 11 is 5.23. The number of nitrogens with one attached hydrogen (secondary N) is 1. The van der Waals surface area contributed by atoms with Crippen molar-refractivity contribution in [3.63, 3.8) is 0 Å². The van der Waals surface area contributed by atoms with Crippen LogP contribution in [-0.2, 0) is 17.8 Å². The molecule has 27 heavy (non-hydrogen) atoms. The third-order valence-corrected chi connectivity index (χ3v) is 4.75. The maximum absolute atomic E-state index is 12.6. The van der Waals surface area contributed by atoms with Crippen LogP contribution in [0.2, 0.25) is 0 Å². The Balaban J connectivity index is 1.53. The van der Waals surface area contributed by atoms with Gasteiger partial charge in [0, 0.05) is 32.6 Å². The molecule has 2 amide bonds. The molecule has 1 fully saturated rings. The van der Waals surface area contributed by atoms with Crippen LogP contribution >= 0.6 is 12.2 Å². The van der Waals surface area contributed by atoms with E-state index in [1.807, 2.05) is 18.2 Å². The molecule has 2 heterocycles. The fourth-order valence-electron chi connectivity index (χ4n) is 2.96. The Bertz CT molecular complexity index is 840. The van der Waals surface area contributed by atoms with E-state index in [-0.39, 0.29) is 12.5 Å². The second kappa shape index (κ2) is 8.81. The van der Waals surface area contributed by atoms with Gasteiger partial charge in [-0.1, -0.05) is 25.1 Å². The fourth-order valence-corrected chi connectivity index (χ4v) is 3.17. The zero-order valence-electron chi connectivity index (χ0n) is 15.3. The van der Waals surface area contributed by atoms with Crippen molar-refractivity contribution in [1.82, 2.24) is 24.6 Å². The number of hydrogen-bond acceptors (Lipinski definition) is 5. The summed E-state index contributed by atoms with van der Waals surface area (Å²) in [4.78, 5) is 28.2. The smallest absolute Gasteiger partial charge is 0.410 e. The first-order valence-electron chi connectivity index (χ1n) is 9.02. The SMILES string of the molecule is CCCc1n[nH]c(=S)n1CC(=O)N1CCN(C(=O)Oc2ccccc2)CC1. The van der Waals surface area contributed by atoms with Gasteiger partial charge in [0.15, 0.2) is 4.77 Å². The van der Waals surface area contributed by atoms with Crippen LogP contribution in [0.3, 0.4) is 0 Å². The lowest BCUT2D eigenvalue weighted by Gasteiger charge is -2.34. The normalized spacial score (nSPS) is 14.3. The van der Waals surface area contributed by atoms with Gasteiger partial charge in [-0.05, 0) is 30.8 Å². The van der Waals surface area contributed by atoms with Gasteiger partial charge >= 0.3 is 6.09 Å². The minimum atomic E-state index is -0.393. The van der Waals surface area contributed by atoms with E-state index < -0.39 is 6.09 Å². The molecule has 144 valence electrons. The summed E-state index contributed by atoms with van der Waals surface area (Å²) in [5.41, 5.74) is 0. The number of ether oxygens (including phenoxy) is 1. The zero-order chi connectivity index (χ0) is 19.2. The highest BCUT2D eigenvalue weighted by molar-refractivity contribution is 7.71. The van der Waals surface area contributed by atoms with E-state index in [0.29, 0.717) is 36.7 Å². The number of aromatic nitrogens is 3. The molecule has 0 radical (unpaired) electrons. The lowest BCUT2D eigenvalue weighted by Crippen LogP contribution is -2.52. The van der Waals surface area contributed by atoms with Crippen LogP contribution in [0.1, 0.15) is 19.2 Å². The number of nitrogens with zero attached hydrogens (tertiary/aromatic N) is 4. The Morgan fingerprint density at radius 1 is 1.15 bits per heavy atom. The molecule has 0 aliphatic carbocycles. The van der Waals surface area contributed by atoms with Crippen LogP contribution in [0.4, 0.5) is 4.79 Å². The number of para-hydroxylation sites is 1. The van der Waals surface area contributed by atoms with Crippen LogP contribution in [0.5, 0.6) is 5.75 Å². The monoisotopic (exact) mass is 389 g/mol. The Hall–Kier alpha value is -2.68. The highest BCUT2D eigenvalue weighted by atomic mass is 32.1. The lowest BCUT2D eigenvalue weighted by atomic mass is 10.3. The molecule has 2 aromatic rings. The van der Waals surface area contributed by atoms with Gasteiger partial charge < -0.3 is 14.5 Å². The molecular formula is C18H23N5O3S. The predicted octanol–water partition coefficient (Wildman–Crippen LogP) is 2.24. The van der Waals surface area contributed by atoms with E-state index in [1.165, 1.54) is 0 Å². The standard InChI is InChI=1S/C18H23N5O3S/c1-2-6-15-19-20-17(27)23(15)13-16(24)21-9-11-22(12-10-21)18(25)26-14-7-4-3-5-8-14/h3-5,7-8H,2,6,9-13H2,1H3,(H,20,27). The largest absolute Gasteiger partial charge is 0.415 e. The molecule has 0 spiro atoms. The Labute approximate surface area is 162 Å². The van der Waals surface area contributed by atoms with Crippen LogP contribution in [0, 0.1) is 4.77 Å². The summed E-state index contributed by atoms with van der Waals surface area (Å²) in [7, 11) is 0. The number of rotatable bonds is 5. The number of carbonyl (C=O) groups is 2. The molecule has 1 aromatic carbocycles. The number of H-pyrrole nitrogens is 1. The average molecular weight is 389 g/mol. The fraction of sp³-hybridized carbons (Fsp3) is 0.444. The number of benzene rings is 1. The van der Waals surface area contributed by atoms with Crippen LogP contribution in [-0.4, -0.2) is 62.7 Å². The lowest BCUT2D eigenvalue weighted by molar-refractivity contribution is -0.133. The Morgan fingerprint density at radius 2 is 1.81 bits per heavy atom. The molecule has 1 aliphatic heterocycles. The first-order valence-corrected chi connectivity index (χ1v) is 9.43. The van der Waals surface area contributed by atoms with Gasteiger partial charge in [-0.15, -0.1) is 0 Å². The first kappa shape index (κ1) is 19.1. The van der Waals surface area contributed by atoms with Gasteiger partial charge in [-0.2, -0.15) is 5.10 Å². The van der Waals surface area contributed by atoms with Crippen molar-refractivity contribution in [2.45, 2.75) is 26.3 Å². The summed E-state index contributed by atoms with van der Waals surface area (Å²) in [6, 6.07) is 8.96. The Morgan fingerprint density at radius 3 is 2.48 bits per heavy atom. The van der Waals surface area contributed by atoms with Crippen LogP contribution in [0.15, 0.2) is 30.3 Å². The van der Waals surface area contributed by atoms with Crippen molar-refractivity contribution in [3.05, 3.63) is 40.9 Å². The Kier molecular flexibility index (Phi) is 6.23. The number of piperazine rings is 1. The highest BCUT2D eigenvalue weighted by Gasteiger charge is 2.26. The number of hydrogen-bond donors (Lipinski definition) is 1. The maximum atomic E-state index is 12.6. The van der Waals surface area contributed by atoms with Crippen molar-refractivity contribution in [2.75, 3.05) is 26.2 Å². The second-order valence-corrected chi connectivity index (χ2v) is 6.72. The summed E-state index contributed by atoms with van der Waals surface area (Å²) < 4.78 is 7.55. The molecule has 3 rings (SSSR count). The molecule has 0 unspecified atom stereocenters. The van der Waals surface area contributed by atoms with Gasteiger partial charge in [-0.25, -0.2) is 4.79 Å². The molecular weight excluding hydrogens is 366 g/mol. The molecule has 1 N–H and O–H groups in total. The third kappa shape index (κ3) is 4.73. The zero-order valence-corrected chi connectivity index (χ0v) is 16.1. The van der Waals surface area contributed by atoms with Gasteiger partial charge in [0.25, 0.3) is 0 Å². The molecule has 1 saturated heterocycles. The maximum Gasteiger partial charge on any atom is 0.415 e. The van der Waals surface area contributed by atoms with Crippen molar-refractivity contribution in [2.24, 2.45) is 0 Å². The van der Waals surface area contributed by atoms with Crippen molar-refractivity contribution in [1.29, 1.82) is 0 Å². The number of carbonyl (C=O) groups excluding carboxylic acids is 2. The van der Waals surface area contributed by atoms with Crippen molar-refractivity contribution in [3.8, 4) is 5.75 Å². The number of amides is 2. The average Bonchev–Trinajstić information content (AvgIpc) is 3.03. The van der Waals surface area contributed by atoms with E-state index in [1.54, 1.807) is 26.5 Å². The number of aryl methyl sites for hydroxylation is 1. The minimum Gasteiger partial charge on any atom is -0.410 e. The van der Waals surface area contributed by atoms with Gasteiger partial charge in [0.05, 0.1) is 0 Å². The molecule has 1 aliphatic rings. The topological polar surface area (TPSA) is 83.5 Å². The molecule has 8 nitrogen and oxygen atoms in total. The van der Waals surface area contributed by atoms with Crippen molar-refractivity contribution >= 4 is 24.2 Å². The van der Waals surface area contributed by atoms with E-state index in [9.17, 15) is 9.59 Å². The molecule has 0 saturated carbocycles. The summed E-state index contributed by atoms with van der Waals surface area (Å²) in [6.07, 6.45) is 1.30. The molecule has 1 aromatic heterocycles. The summed E-state index contributed by atoms with van der Waals surface area (Å²) in [6.45, 7) is 4.04.